The molecule has 0 amide bonds. The van der Waals surface area contributed by atoms with E-state index in [0.29, 0.717) is 40.9 Å². The highest BCUT2D eigenvalue weighted by Gasteiger charge is 2.13. The minimum absolute atomic E-state index is 0.0166. The Morgan fingerprint density at radius 2 is 1.52 bits per heavy atom. The third-order valence-electron chi connectivity index (χ3n) is 5.28. The largest absolute Gasteiger partial charge is 0.508 e. The number of fused-ring (bicyclic) bond motifs is 1. The molecular weight excluding hydrogens is 416 g/mol. The van der Waals surface area contributed by atoms with Crippen LogP contribution >= 0.6 is 0 Å². The maximum absolute atomic E-state index is 10.7. The van der Waals surface area contributed by atoms with E-state index in [0.717, 1.165) is 10.9 Å². The molecule has 0 saturated heterocycles. The van der Waals surface area contributed by atoms with E-state index in [1.807, 2.05) is 62.4 Å². The topological polar surface area (TPSA) is 94.6 Å². The number of rotatable bonds is 7. The summed E-state index contributed by atoms with van der Waals surface area (Å²) >= 11 is 0. The fourth-order valence-electron chi connectivity index (χ4n) is 3.63. The number of hydrogen-bond donors (Lipinski definition) is 3. The van der Waals surface area contributed by atoms with Crippen LogP contribution in [-0.2, 0) is 12.8 Å². The number of benzene rings is 4. The van der Waals surface area contributed by atoms with Gasteiger partial charge in [0.1, 0.15) is 22.9 Å². The van der Waals surface area contributed by atoms with Crippen molar-refractivity contribution >= 4 is 22.1 Å². The van der Waals surface area contributed by atoms with Gasteiger partial charge >= 0.3 is 0 Å². The zero-order valence-electron chi connectivity index (χ0n) is 18.6. The van der Waals surface area contributed by atoms with Crippen molar-refractivity contribution < 1.29 is 20.1 Å². The summed E-state index contributed by atoms with van der Waals surface area (Å²) in [6.07, 6.45) is 1.29. The molecule has 6 heteroatoms. The normalized spacial score (nSPS) is 11.5. The second-order valence-corrected chi connectivity index (χ2v) is 8.13. The van der Waals surface area contributed by atoms with E-state index in [-0.39, 0.29) is 23.4 Å². The van der Waals surface area contributed by atoms with Crippen molar-refractivity contribution in [2.24, 2.45) is 10.2 Å². The number of azo groups is 1. The molecule has 0 bridgehead atoms. The van der Waals surface area contributed by atoms with Gasteiger partial charge in [0.25, 0.3) is 0 Å². The molecule has 0 aliphatic rings. The van der Waals surface area contributed by atoms with Crippen LogP contribution in [0.5, 0.6) is 23.0 Å². The SMILES string of the molecule is CC(C)Oc1cc(N=Nc2ccc(CCc3cc(O)ccc3O)cc2)c(O)c2ccccc12. The quantitative estimate of drug-likeness (QED) is 0.213. The summed E-state index contributed by atoms with van der Waals surface area (Å²) in [5.41, 5.74) is 2.76. The van der Waals surface area contributed by atoms with Crippen LogP contribution in [0.2, 0.25) is 0 Å². The first-order valence-corrected chi connectivity index (χ1v) is 10.8. The average Bonchev–Trinajstić information content (AvgIpc) is 2.81. The molecule has 0 aliphatic carbocycles. The van der Waals surface area contributed by atoms with Crippen molar-refractivity contribution in [3.63, 3.8) is 0 Å². The van der Waals surface area contributed by atoms with E-state index in [2.05, 4.69) is 10.2 Å². The van der Waals surface area contributed by atoms with Gasteiger partial charge in [-0.3, -0.25) is 0 Å². The molecule has 0 radical (unpaired) electrons. The molecule has 0 fully saturated rings. The van der Waals surface area contributed by atoms with Gasteiger partial charge in [-0.2, -0.15) is 5.11 Å². The first kappa shape index (κ1) is 22.1. The molecular formula is C27H26N2O4. The molecule has 4 rings (SSSR count). The zero-order valence-corrected chi connectivity index (χ0v) is 18.6. The fourth-order valence-corrected chi connectivity index (χ4v) is 3.63. The average molecular weight is 443 g/mol. The third-order valence-corrected chi connectivity index (χ3v) is 5.28. The molecule has 0 spiro atoms. The molecule has 6 nitrogen and oxygen atoms in total. The summed E-state index contributed by atoms with van der Waals surface area (Å²) in [4.78, 5) is 0. The van der Waals surface area contributed by atoms with E-state index < -0.39 is 0 Å². The van der Waals surface area contributed by atoms with E-state index in [1.165, 1.54) is 12.1 Å². The summed E-state index contributed by atoms with van der Waals surface area (Å²) in [5, 5.41) is 40.3. The van der Waals surface area contributed by atoms with Crippen molar-refractivity contribution in [2.75, 3.05) is 0 Å². The molecule has 33 heavy (non-hydrogen) atoms. The van der Waals surface area contributed by atoms with Crippen molar-refractivity contribution in [3.8, 4) is 23.0 Å². The second-order valence-electron chi connectivity index (χ2n) is 8.13. The first-order chi connectivity index (χ1) is 15.9. The predicted molar refractivity (Wildman–Crippen MR) is 129 cm³/mol. The van der Waals surface area contributed by atoms with E-state index in [4.69, 9.17) is 4.74 Å². The lowest BCUT2D eigenvalue weighted by atomic mass is 10.0. The van der Waals surface area contributed by atoms with Crippen LogP contribution < -0.4 is 4.74 Å². The van der Waals surface area contributed by atoms with Gasteiger partial charge in [-0.15, -0.1) is 5.11 Å². The van der Waals surface area contributed by atoms with Gasteiger partial charge in [0.15, 0.2) is 5.75 Å². The number of ether oxygens (including phenoxy) is 1. The summed E-state index contributed by atoms with van der Waals surface area (Å²) in [7, 11) is 0. The number of hydrogen-bond acceptors (Lipinski definition) is 6. The van der Waals surface area contributed by atoms with Crippen LogP contribution in [0, 0.1) is 0 Å². The summed E-state index contributed by atoms with van der Waals surface area (Å²) < 4.78 is 5.92. The van der Waals surface area contributed by atoms with Crippen molar-refractivity contribution in [3.05, 3.63) is 83.9 Å². The van der Waals surface area contributed by atoms with Crippen molar-refractivity contribution in [1.29, 1.82) is 0 Å². The van der Waals surface area contributed by atoms with Crippen LogP contribution in [0.3, 0.4) is 0 Å². The molecule has 0 heterocycles. The Kier molecular flexibility index (Phi) is 6.45. The van der Waals surface area contributed by atoms with Crippen LogP contribution in [0.1, 0.15) is 25.0 Å². The molecule has 4 aromatic carbocycles. The van der Waals surface area contributed by atoms with Crippen molar-refractivity contribution in [2.45, 2.75) is 32.8 Å². The Hall–Kier alpha value is -4.06. The van der Waals surface area contributed by atoms with Crippen LogP contribution in [0.4, 0.5) is 11.4 Å². The van der Waals surface area contributed by atoms with Crippen LogP contribution in [0.25, 0.3) is 10.8 Å². The van der Waals surface area contributed by atoms with Crippen LogP contribution in [0.15, 0.2) is 83.0 Å². The Balaban J connectivity index is 1.52. The lowest BCUT2D eigenvalue weighted by Crippen LogP contribution is -2.05. The molecule has 168 valence electrons. The molecule has 0 aliphatic heterocycles. The van der Waals surface area contributed by atoms with Gasteiger partial charge in [-0.05, 0) is 68.1 Å². The van der Waals surface area contributed by atoms with E-state index in [9.17, 15) is 15.3 Å². The van der Waals surface area contributed by atoms with E-state index >= 15 is 0 Å². The smallest absolute Gasteiger partial charge is 0.151 e. The maximum atomic E-state index is 10.7. The molecule has 0 aromatic heterocycles. The van der Waals surface area contributed by atoms with Crippen LogP contribution in [-0.4, -0.2) is 21.4 Å². The Morgan fingerprint density at radius 1 is 0.788 bits per heavy atom. The lowest BCUT2D eigenvalue weighted by molar-refractivity contribution is 0.245. The van der Waals surface area contributed by atoms with E-state index in [1.54, 1.807) is 12.1 Å². The number of phenols is 3. The second kappa shape index (κ2) is 9.61. The van der Waals surface area contributed by atoms with Gasteiger partial charge in [0.05, 0.1) is 11.8 Å². The first-order valence-electron chi connectivity index (χ1n) is 10.8. The minimum atomic E-state index is -0.0166. The zero-order chi connectivity index (χ0) is 23.4. The molecule has 0 unspecified atom stereocenters. The lowest BCUT2D eigenvalue weighted by Gasteiger charge is -2.14. The Labute approximate surface area is 192 Å². The monoisotopic (exact) mass is 442 g/mol. The molecule has 0 atom stereocenters. The Morgan fingerprint density at radius 3 is 2.24 bits per heavy atom. The fraction of sp³-hybridized carbons (Fsp3) is 0.185. The van der Waals surface area contributed by atoms with Gasteiger partial charge in [-0.1, -0.05) is 36.4 Å². The third kappa shape index (κ3) is 5.23. The molecule has 3 N–H and O–H groups in total. The Bertz CT molecular complexity index is 1300. The highest BCUT2D eigenvalue weighted by atomic mass is 16.5. The van der Waals surface area contributed by atoms with Crippen molar-refractivity contribution in [1.82, 2.24) is 0 Å². The number of phenolic OH excluding ortho intramolecular Hbond substituents is 3. The highest BCUT2D eigenvalue weighted by Crippen LogP contribution is 2.41. The minimum Gasteiger partial charge on any atom is -0.508 e. The predicted octanol–water partition coefficient (Wildman–Crippen LogP) is 6.94. The maximum Gasteiger partial charge on any atom is 0.151 e. The van der Waals surface area contributed by atoms with Gasteiger partial charge in [-0.25, -0.2) is 0 Å². The highest BCUT2D eigenvalue weighted by molar-refractivity contribution is 5.97. The summed E-state index contributed by atoms with van der Waals surface area (Å²) in [5.74, 6) is 1.03. The van der Waals surface area contributed by atoms with Gasteiger partial charge in [0.2, 0.25) is 0 Å². The van der Waals surface area contributed by atoms with Gasteiger partial charge in [0, 0.05) is 16.8 Å². The van der Waals surface area contributed by atoms with Gasteiger partial charge < -0.3 is 20.1 Å². The number of aromatic hydroxyl groups is 3. The number of nitrogens with zero attached hydrogens (tertiary/aromatic N) is 2. The number of aryl methyl sites for hydroxylation is 2. The summed E-state index contributed by atoms with van der Waals surface area (Å²) in [6.45, 7) is 3.90. The standard InChI is InChI=1S/C27H26N2O4/c1-17(2)33-26-16-24(27(32)23-6-4-3-5-22(23)26)29-28-20-11-8-18(9-12-20)7-10-19-15-21(30)13-14-25(19)31/h3-6,8-9,11-17,30-32H,7,10H2,1-2H3. The molecule has 4 aromatic rings. The summed E-state index contributed by atoms with van der Waals surface area (Å²) in [6, 6.07) is 21.3. The molecule has 0 saturated carbocycles.